The summed E-state index contributed by atoms with van der Waals surface area (Å²) in [5.41, 5.74) is 4.03. The van der Waals surface area contributed by atoms with Gasteiger partial charge in [0.2, 0.25) is 0 Å². The lowest BCUT2D eigenvalue weighted by molar-refractivity contribution is 0.458. The quantitative estimate of drug-likeness (QED) is 0.809. The largest absolute Gasteiger partial charge is 0.357 e. The van der Waals surface area contributed by atoms with Gasteiger partial charge in [-0.1, -0.05) is 18.2 Å². The molecule has 1 aromatic carbocycles. The summed E-state index contributed by atoms with van der Waals surface area (Å²) in [4.78, 5) is 3.55. The number of nitrogens with one attached hydrogen (secondary N) is 2. The molecule has 0 saturated carbocycles. The van der Waals surface area contributed by atoms with Gasteiger partial charge in [-0.3, -0.25) is 0 Å². The van der Waals surface area contributed by atoms with E-state index in [0.717, 1.165) is 25.8 Å². The number of H-pyrrole nitrogens is 1. The molecule has 0 bridgehead atoms. The van der Waals surface area contributed by atoms with Gasteiger partial charge < -0.3 is 10.3 Å². The van der Waals surface area contributed by atoms with Crippen LogP contribution in [-0.4, -0.2) is 11.5 Å². The highest BCUT2D eigenvalue weighted by molar-refractivity contribution is 5.85. The number of aromatic amines is 1. The highest BCUT2D eigenvalue weighted by Crippen LogP contribution is 2.31. The fourth-order valence-corrected chi connectivity index (χ4v) is 2.89. The maximum Gasteiger partial charge on any atom is 0.0621 e. The fraction of sp³-hybridized carbons (Fsp3) is 0.400. The molecule has 1 aromatic heterocycles. The Morgan fingerprint density at radius 3 is 3.11 bits per heavy atom. The number of aromatic nitrogens is 1. The van der Waals surface area contributed by atoms with E-state index in [2.05, 4.69) is 40.6 Å². The third-order valence-electron chi connectivity index (χ3n) is 3.74. The molecule has 1 aliphatic heterocycles. The van der Waals surface area contributed by atoms with Gasteiger partial charge in [-0.05, 0) is 37.4 Å². The first-order valence-electron chi connectivity index (χ1n) is 6.60. The summed E-state index contributed by atoms with van der Waals surface area (Å²) in [6.07, 6.45) is 3.73. The van der Waals surface area contributed by atoms with Crippen LogP contribution < -0.4 is 5.32 Å². The molecule has 2 aromatic rings. The van der Waals surface area contributed by atoms with E-state index < -0.39 is 0 Å². The number of nitriles is 1. The van der Waals surface area contributed by atoms with Crippen molar-refractivity contribution in [3.63, 3.8) is 0 Å². The van der Waals surface area contributed by atoms with Gasteiger partial charge in [-0.15, -0.1) is 0 Å². The van der Waals surface area contributed by atoms with Crippen LogP contribution in [0.15, 0.2) is 24.3 Å². The Bertz CT molecular complexity index is 591. The van der Waals surface area contributed by atoms with Gasteiger partial charge in [0.05, 0.1) is 6.07 Å². The predicted octanol–water partition coefficient (Wildman–Crippen LogP) is 3.05. The van der Waals surface area contributed by atoms with Gasteiger partial charge in [0.1, 0.15) is 0 Å². The lowest BCUT2D eigenvalue weighted by Crippen LogP contribution is -2.29. The van der Waals surface area contributed by atoms with Crippen molar-refractivity contribution in [3.05, 3.63) is 35.5 Å². The van der Waals surface area contributed by atoms with Gasteiger partial charge >= 0.3 is 0 Å². The lowest BCUT2D eigenvalue weighted by Gasteiger charge is -2.24. The minimum atomic E-state index is 0.384. The molecule has 18 heavy (non-hydrogen) atoms. The molecule has 92 valence electrons. The average Bonchev–Trinajstić information content (AvgIpc) is 2.79. The molecule has 0 fully saturated rings. The Kier molecular flexibility index (Phi) is 3.04. The molecule has 0 amide bonds. The fourth-order valence-electron chi connectivity index (χ4n) is 2.89. The number of unbranched alkanes of at least 4 members (excludes halogenated alkanes) is 1. The first kappa shape index (κ1) is 11.3. The van der Waals surface area contributed by atoms with Crippen LogP contribution in [0, 0.1) is 11.3 Å². The molecule has 0 radical (unpaired) electrons. The first-order valence-corrected chi connectivity index (χ1v) is 6.60. The lowest BCUT2D eigenvalue weighted by atomic mass is 9.96. The molecule has 3 rings (SSSR count). The molecule has 1 aliphatic rings. The van der Waals surface area contributed by atoms with E-state index in [4.69, 9.17) is 5.26 Å². The zero-order valence-electron chi connectivity index (χ0n) is 10.4. The highest BCUT2D eigenvalue weighted by atomic mass is 15.0. The normalized spacial score (nSPS) is 18.5. The van der Waals surface area contributed by atoms with Gasteiger partial charge in [0.25, 0.3) is 0 Å². The van der Waals surface area contributed by atoms with Crippen LogP contribution in [0.5, 0.6) is 0 Å². The Morgan fingerprint density at radius 1 is 1.33 bits per heavy atom. The van der Waals surface area contributed by atoms with Gasteiger partial charge in [0, 0.05) is 29.1 Å². The van der Waals surface area contributed by atoms with Gasteiger partial charge in [-0.25, -0.2) is 0 Å². The monoisotopic (exact) mass is 239 g/mol. The molecule has 2 N–H and O–H groups in total. The van der Waals surface area contributed by atoms with E-state index in [1.165, 1.54) is 22.2 Å². The standard InChI is InChI=1S/C15H17N3/c16-9-4-3-7-14-15-12(8-10-17-14)11-5-1-2-6-13(11)18-15/h1-2,5-6,14,17-18H,3-4,7-8,10H2. The molecular formula is C15H17N3. The summed E-state index contributed by atoms with van der Waals surface area (Å²) in [6.45, 7) is 1.03. The average molecular weight is 239 g/mol. The predicted molar refractivity (Wildman–Crippen MR) is 72.2 cm³/mol. The minimum Gasteiger partial charge on any atom is -0.357 e. The second kappa shape index (κ2) is 4.83. The highest BCUT2D eigenvalue weighted by Gasteiger charge is 2.22. The van der Waals surface area contributed by atoms with Crippen molar-refractivity contribution in [3.8, 4) is 6.07 Å². The van der Waals surface area contributed by atoms with E-state index >= 15 is 0 Å². The van der Waals surface area contributed by atoms with Crippen LogP contribution in [0.25, 0.3) is 10.9 Å². The summed E-state index contributed by atoms with van der Waals surface area (Å²) in [5, 5.41) is 13.5. The maximum atomic E-state index is 8.63. The molecule has 1 unspecified atom stereocenters. The molecule has 0 saturated heterocycles. The molecule has 1 atom stereocenters. The maximum absolute atomic E-state index is 8.63. The zero-order chi connectivity index (χ0) is 12.4. The van der Waals surface area contributed by atoms with Crippen molar-refractivity contribution >= 4 is 10.9 Å². The van der Waals surface area contributed by atoms with Crippen LogP contribution in [0.4, 0.5) is 0 Å². The summed E-state index contributed by atoms with van der Waals surface area (Å²) in [7, 11) is 0. The Hall–Kier alpha value is -1.79. The Balaban J connectivity index is 1.93. The van der Waals surface area contributed by atoms with Gasteiger partial charge in [0.15, 0.2) is 0 Å². The van der Waals surface area contributed by atoms with Gasteiger partial charge in [-0.2, -0.15) is 5.26 Å². The van der Waals surface area contributed by atoms with E-state index in [1.807, 2.05) is 0 Å². The molecule has 2 heterocycles. The topological polar surface area (TPSA) is 51.6 Å². The summed E-state index contributed by atoms with van der Waals surface area (Å²) in [6, 6.07) is 11.1. The van der Waals surface area contributed by atoms with E-state index in [0.29, 0.717) is 12.5 Å². The van der Waals surface area contributed by atoms with Crippen molar-refractivity contribution in [1.29, 1.82) is 5.26 Å². The number of para-hydroxylation sites is 1. The Labute approximate surface area is 107 Å². The second-order valence-electron chi connectivity index (χ2n) is 4.87. The SMILES string of the molecule is N#CCCCC1NCCc2c1[nH]c1ccccc21. The number of hydrogen-bond donors (Lipinski definition) is 2. The van der Waals surface area contributed by atoms with Crippen molar-refractivity contribution in [2.24, 2.45) is 0 Å². The van der Waals surface area contributed by atoms with E-state index in [-0.39, 0.29) is 0 Å². The van der Waals surface area contributed by atoms with Crippen LogP contribution in [0.3, 0.4) is 0 Å². The molecule has 0 spiro atoms. The molecule has 0 aliphatic carbocycles. The number of rotatable bonds is 3. The van der Waals surface area contributed by atoms with Crippen molar-refractivity contribution < 1.29 is 0 Å². The summed E-state index contributed by atoms with van der Waals surface area (Å²) < 4.78 is 0. The number of fused-ring (bicyclic) bond motifs is 3. The summed E-state index contributed by atoms with van der Waals surface area (Å²) >= 11 is 0. The van der Waals surface area contributed by atoms with Crippen LogP contribution in [0.1, 0.15) is 36.6 Å². The van der Waals surface area contributed by atoms with Crippen molar-refractivity contribution in [2.45, 2.75) is 31.7 Å². The van der Waals surface area contributed by atoms with E-state index in [1.54, 1.807) is 0 Å². The van der Waals surface area contributed by atoms with Crippen LogP contribution in [0.2, 0.25) is 0 Å². The second-order valence-corrected chi connectivity index (χ2v) is 4.87. The molecule has 3 nitrogen and oxygen atoms in total. The Morgan fingerprint density at radius 2 is 2.22 bits per heavy atom. The number of hydrogen-bond acceptors (Lipinski definition) is 2. The van der Waals surface area contributed by atoms with Crippen LogP contribution in [-0.2, 0) is 6.42 Å². The first-order chi connectivity index (χ1) is 8.90. The number of nitrogens with zero attached hydrogens (tertiary/aromatic N) is 1. The van der Waals surface area contributed by atoms with Crippen LogP contribution >= 0.6 is 0 Å². The van der Waals surface area contributed by atoms with Crippen molar-refractivity contribution in [1.82, 2.24) is 10.3 Å². The smallest absolute Gasteiger partial charge is 0.0621 e. The third kappa shape index (κ3) is 1.89. The molecule has 3 heteroatoms. The third-order valence-corrected chi connectivity index (χ3v) is 3.74. The zero-order valence-corrected chi connectivity index (χ0v) is 10.4. The van der Waals surface area contributed by atoms with Crippen molar-refractivity contribution in [2.75, 3.05) is 6.54 Å². The minimum absolute atomic E-state index is 0.384. The molecular weight excluding hydrogens is 222 g/mol. The summed E-state index contributed by atoms with van der Waals surface area (Å²) in [5.74, 6) is 0. The number of benzene rings is 1. The van der Waals surface area contributed by atoms with E-state index in [9.17, 15) is 0 Å².